The van der Waals surface area contributed by atoms with Crippen LogP contribution in [0.15, 0.2) is 30.3 Å². The Kier molecular flexibility index (Phi) is 8.72. The number of benzene rings is 1. The van der Waals surface area contributed by atoms with Crippen molar-refractivity contribution >= 4 is 21.7 Å². The third kappa shape index (κ3) is 7.89. The van der Waals surface area contributed by atoms with Crippen LogP contribution in [0.5, 0.6) is 5.75 Å². The van der Waals surface area contributed by atoms with Crippen molar-refractivity contribution < 1.29 is 5.11 Å². The lowest BCUT2D eigenvalue weighted by molar-refractivity contribution is 0.475. The summed E-state index contributed by atoms with van der Waals surface area (Å²) in [4.78, 5) is 0. The van der Waals surface area contributed by atoms with Gasteiger partial charge in [0.05, 0.1) is 0 Å². The molecule has 2 heteroatoms. The number of rotatable bonds is 2. The molecule has 0 bridgehead atoms. The summed E-state index contributed by atoms with van der Waals surface area (Å²) in [5.41, 5.74) is 0. The quantitative estimate of drug-likeness (QED) is 0.686. The molecule has 0 heterocycles. The fourth-order valence-electron chi connectivity index (χ4n) is 0.678. The van der Waals surface area contributed by atoms with Crippen LogP contribution in [0.2, 0.25) is 4.55 Å². The van der Waals surface area contributed by atoms with Crippen LogP contribution in [0.3, 0.4) is 0 Å². The topological polar surface area (TPSA) is 20.2 Å². The second-order valence-corrected chi connectivity index (χ2v) is 3.25. The zero-order valence-corrected chi connectivity index (χ0v) is 9.08. The average Bonchev–Trinajstić information content (AvgIpc) is 2.08. The molecule has 0 aliphatic heterocycles. The van der Waals surface area contributed by atoms with E-state index in [0.717, 1.165) is 0 Å². The molecule has 12 heavy (non-hydrogen) atoms. The van der Waals surface area contributed by atoms with Crippen molar-refractivity contribution in [3.05, 3.63) is 30.3 Å². The van der Waals surface area contributed by atoms with Gasteiger partial charge in [-0.3, -0.25) is 0 Å². The monoisotopic (exact) mass is 175 g/mol. The second kappa shape index (κ2) is 8.88. The average molecular weight is 176 g/mol. The summed E-state index contributed by atoms with van der Waals surface area (Å²) in [6.45, 7) is 2.22. The number of hydrogen-bond acceptors (Lipinski definition) is 1. The third-order valence-corrected chi connectivity index (χ3v) is 1.86. The van der Waals surface area contributed by atoms with Crippen LogP contribution >= 0.6 is 0 Å². The van der Waals surface area contributed by atoms with Gasteiger partial charge < -0.3 is 5.11 Å². The molecular weight excluding hydrogens is 160 g/mol. The zero-order valence-electron chi connectivity index (χ0n) is 7.66. The van der Waals surface area contributed by atoms with Crippen LogP contribution in [0, 0.1) is 0 Å². The zero-order chi connectivity index (χ0) is 9.23. The van der Waals surface area contributed by atoms with Crippen LogP contribution in [-0.4, -0.2) is 26.8 Å². The van der Waals surface area contributed by atoms with Crippen LogP contribution in [0.4, 0.5) is 0 Å². The Labute approximate surface area is 87.2 Å². The minimum atomic E-state index is 0.322. The molecule has 0 aliphatic rings. The molecule has 1 N–H and O–H groups in total. The van der Waals surface area contributed by atoms with Crippen molar-refractivity contribution in [3.63, 3.8) is 0 Å². The molecule has 1 aromatic carbocycles. The molecule has 0 saturated heterocycles. The van der Waals surface area contributed by atoms with E-state index < -0.39 is 0 Å². The number of unbranched alkanes of at least 4 members (excludes halogenated alkanes) is 1. The second-order valence-electron chi connectivity index (χ2n) is 2.54. The molecule has 7 radical (unpaired) electrons. The molecule has 1 aromatic rings. The standard InChI is InChI=1S/C6H6O.C4H9.Mg/c7-6-4-2-1-3-5-6;1-3-4-2;/h1-5,7H;1,3-4H2,2H3;/q;;+2. The van der Waals surface area contributed by atoms with Gasteiger partial charge >= 0.3 is 21.7 Å². The highest BCUT2D eigenvalue weighted by atomic mass is 24.4. The molecule has 61 valence electrons. The van der Waals surface area contributed by atoms with Crippen LogP contribution in [0.1, 0.15) is 19.8 Å². The van der Waals surface area contributed by atoms with Gasteiger partial charge in [0.25, 0.3) is 4.55 Å². The molecule has 1 nitrogen and oxygen atoms in total. The maximum atomic E-state index is 8.63. The minimum Gasteiger partial charge on any atom is -0.508 e. The van der Waals surface area contributed by atoms with E-state index in [1.807, 2.05) is 27.8 Å². The van der Waals surface area contributed by atoms with Gasteiger partial charge in [-0.15, -0.1) is 0 Å². The number of phenolic OH excluding ortho intramolecular Hbond substituents is 1. The summed E-state index contributed by atoms with van der Waals surface area (Å²) in [5.74, 6) is 0.322. The maximum Gasteiger partial charge on any atom is 1.41 e. The van der Waals surface area contributed by atoms with Gasteiger partial charge in [-0.1, -0.05) is 25.1 Å². The van der Waals surface area contributed by atoms with E-state index in [1.165, 1.54) is 17.4 Å². The summed E-state index contributed by atoms with van der Waals surface area (Å²) in [7, 11) is 0. The molecule has 1 rings (SSSR count). The van der Waals surface area contributed by atoms with Crippen molar-refractivity contribution in [3.8, 4) is 5.75 Å². The van der Waals surface area contributed by atoms with Crippen LogP contribution in [0.25, 0.3) is 0 Å². The Morgan fingerprint density at radius 1 is 1.25 bits per heavy atom. The first-order valence-corrected chi connectivity index (χ1v) is 5.34. The largest absolute Gasteiger partial charge is 1.41 e. The van der Waals surface area contributed by atoms with Crippen LogP contribution < -0.4 is 0 Å². The first-order chi connectivity index (χ1) is 5.81. The highest BCUT2D eigenvalue weighted by molar-refractivity contribution is 6.08. The Morgan fingerprint density at radius 3 is 2.00 bits per heavy atom. The van der Waals surface area contributed by atoms with Gasteiger partial charge in [0.15, 0.2) is 0 Å². The molecule has 0 saturated carbocycles. The van der Waals surface area contributed by atoms with E-state index in [-0.39, 0.29) is 0 Å². The Morgan fingerprint density at radius 2 is 1.83 bits per heavy atom. The van der Waals surface area contributed by atoms with E-state index >= 15 is 0 Å². The highest BCUT2D eigenvalue weighted by Gasteiger charge is 2.19. The van der Waals surface area contributed by atoms with Crippen molar-refractivity contribution in [1.82, 2.24) is 0 Å². The third-order valence-electron chi connectivity index (χ3n) is 1.36. The van der Waals surface area contributed by atoms with E-state index in [9.17, 15) is 0 Å². The predicted octanol–water partition coefficient (Wildman–Crippen LogP) is 2.77. The van der Waals surface area contributed by atoms with E-state index in [0.29, 0.717) is 5.75 Å². The molecule has 0 aromatic heterocycles. The van der Waals surface area contributed by atoms with Crippen molar-refractivity contribution in [2.24, 2.45) is 0 Å². The summed E-state index contributed by atoms with van der Waals surface area (Å²) >= 11 is 2.05. The molecular formula is C10H15MgO+2. The van der Waals surface area contributed by atoms with E-state index in [1.54, 1.807) is 24.3 Å². The number of phenols is 1. The minimum absolute atomic E-state index is 0.322. The summed E-state index contributed by atoms with van der Waals surface area (Å²) < 4.78 is 1.37. The fraction of sp³-hybridized carbons (Fsp3) is 0.400. The fourth-order valence-corrected chi connectivity index (χ4v) is 1.18. The van der Waals surface area contributed by atoms with Crippen molar-refractivity contribution in [1.29, 1.82) is 0 Å². The molecule has 0 aliphatic carbocycles. The van der Waals surface area contributed by atoms with Gasteiger partial charge in [0.2, 0.25) is 0 Å². The van der Waals surface area contributed by atoms with Gasteiger partial charge in [0.1, 0.15) is 5.75 Å². The molecule has 0 spiro atoms. The lowest BCUT2D eigenvalue weighted by Gasteiger charge is -1.82. The van der Waals surface area contributed by atoms with Gasteiger partial charge in [-0.25, -0.2) is 0 Å². The Hall–Kier alpha value is -0.214. The summed E-state index contributed by atoms with van der Waals surface area (Å²) in [6, 6.07) is 8.71. The summed E-state index contributed by atoms with van der Waals surface area (Å²) in [5, 5.41) is 8.63. The molecule has 0 unspecified atom stereocenters. The molecule has 0 atom stereocenters. The Bertz CT molecular complexity index is 172. The predicted molar refractivity (Wildman–Crippen MR) is 53.6 cm³/mol. The van der Waals surface area contributed by atoms with Crippen LogP contribution in [-0.2, 0) is 0 Å². The van der Waals surface area contributed by atoms with Gasteiger partial charge in [-0.2, -0.15) is 0 Å². The van der Waals surface area contributed by atoms with Gasteiger partial charge in [0, 0.05) is 6.42 Å². The number of aromatic hydroxyl groups is 1. The Balaban J connectivity index is 0.000000217. The van der Waals surface area contributed by atoms with Crippen molar-refractivity contribution in [2.75, 3.05) is 0 Å². The van der Waals surface area contributed by atoms with Crippen molar-refractivity contribution in [2.45, 2.75) is 24.3 Å². The lowest BCUT2D eigenvalue weighted by atomic mass is 10.3. The first-order valence-electron chi connectivity index (χ1n) is 4.34. The van der Waals surface area contributed by atoms with E-state index in [4.69, 9.17) is 5.11 Å². The molecule has 0 fully saturated rings. The first kappa shape index (κ1) is 11.8. The SMILES string of the molecule is CCC[CH2][Mg+2].Oc1ccccc1. The summed E-state index contributed by atoms with van der Waals surface area (Å²) in [6.07, 6.45) is 2.75. The maximum absolute atomic E-state index is 8.63. The van der Waals surface area contributed by atoms with Gasteiger partial charge in [-0.05, 0) is 18.6 Å². The van der Waals surface area contributed by atoms with E-state index in [2.05, 4.69) is 6.92 Å². The lowest BCUT2D eigenvalue weighted by Crippen LogP contribution is -1.63. The number of hydrogen-bond donors (Lipinski definition) is 1. The number of para-hydroxylation sites is 1. The molecule has 0 amide bonds. The highest BCUT2D eigenvalue weighted by Crippen LogP contribution is 2.02. The normalized spacial score (nSPS) is 8.50. The smallest absolute Gasteiger partial charge is 0.508 e.